The number of urea groups is 1. The normalized spacial score (nSPS) is 13.8. The summed E-state index contributed by atoms with van der Waals surface area (Å²) in [6, 6.07) is -0.222. The topological polar surface area (TPSA) is 65.8 Å². The van der Waals surface area contributed by atoms with Gasteiger partial charge in [0, 0.05) is 14.1 Å². The molecule has 0 aliphatic rings. The van der Waals surface area contributed by atoms with E-state index in [4.69, 9.17) is 0 Å². The van der Waals surface area contributed by atoms with E-state index in [1.807, 2.05) is 0 Å². The highest BCUT2D eigenvalue weighted by Gasteiger charge is 2.31. The zero-order valence-electron chi connectivity index (χ0n) is 12.6. The smallest absolute Gasteiger partial charge is 0.314 e. The molecular weight excluding hydrogens is 228 g/mol. The van der Waals surface area contributed by atoms with Gasteiger partial charge in [-0.3, -0.25) is 0 Å². The predicted molar refractivity (Wildman–Crippen MR) is 74.6 cm³/mol. The number of rotatable bonds is 4. The van der Waals surface area contributed by atoms with E-state index >= 15 is 0 Å². The van der Waals surface area contributed by atoms with E-state index in [2.05, 4.69) is 61.6 Å². The van der Waals surface area contributed by atoms with Crippen molar-refractivity contribution in [2.24, 2.45) is 21.1 Å². The molecule has 0 aromatic rings. The predicted octanol–water partition coefficient (Wildman–Crippen LogP) is 2.95. The van der Waals surface area contributed by atoms with Crippen LogP contribution in [0, 0.1) is 10.8 Å². The first-order valence-corrected chi connectivity index (χ1v) is 6.11. The molecule has 0 saturated carbocycles. The summed E-state index contributed by atoms with van der Waals surface area (Å²) in [7, 11) is 3.21. The highest BCUT2D eigenvalue weighted by atomic mass is 16.2. The molecule has 0 heterocycles. The molecule has 0 bridgehead atoms. The van der Waals surface area contributed by atoms with Crippen molar-refractivity contribution in [2.45, 2.75) is 34.6 Å². The molecular formula is C13H26N4O. The number of carbonyl (C=O) groups is 1. The molecule has 104 valence electrons. The molecule has 2 N–H and O–H groups in total. The molecule has 0 aliphatic heterocycles. The van der Waals surface area contributed by atoms with E-state index in [1.54, 1.807) is 14.1 Å². The van der Waals surface area contributed by atoms with Gasteiger partial charge in [0.25, 0.3) is 0 Å². The number of amides is 2. The van der Waals surface area contributed by atoms with Gasteiger partial charge in [-0.1, -0.05) is 40.7 Å². The Morgan fingerprint density at radius 1 is 1.22 bits per heavy atom. The number of nitrogens with one attached hydrogen (secondary N) is 2. The van der Waals surface area contributed by atoms with Crippen LogP contribution < -0.4 is 10.6 Å². The van der Waals surface area contributed by atoms with E-state index in [0.29, 0.717) is 6.54 Å². The molecule has 0 saturated heterocycles. The Morgan fingerprint density at radius 3 is 2.17 bits per heavy atom. The van der Waals surface area contributed by atoms with Crippen molar-refractivity contribution in [3.05, 3.63) is 11.8 Å². The minimum Gasteiger partial charge on any atom is -0.341 e. The molecule has 0 aromatic heterocycles. The third-order valence-electron chi connectivity index (χ3n) is 3.35. The fraction of sp³-hybridized carbons (Fsp3) is 0.769. The third kappa shape index (κ3) is 5.29. The Bertz CT molecular complexity index is 337. The van der Waals surface area contributed by atoms with Gasteiger partial charge in [0.05, 0.1) is 12.2 Å². The van der Waals surface area contributed by atoms with E-state index in [9.17, 15) is 4.79 Å². The molecule has 0 unspecified atom stereocenters. The van der Waals surface area contributed by atoms with Crippen LogP contribution in [0.2, 0.25) is 0 Å². The van der Waals surface area contributed by atoms with Crippen molar-refractivity contribution in [1.29, 1.82) is 0 Å². The summed E-state index contributed by atoms with van der Waals surface area (Å²) < 4.78 is 0. The number of nitrogens with zero attached hydrogens (tertiary/aromatic N) is 2. The quantitative estimate of drug-likeness (QED) is 0.744. The van der Waals surface area contributed by atoms with Gasteiger partial charge in [0.1, 0.15) is 0 Å². The van der Waals surface area contributed by atoms with Gasteiger partial charge in [0.2, 0.25) is 0 Å². The maximum Gasteiger partial charge on any atom is 0.314 e. The molecule has 5 heteroatoms. The highest BCUT2D eigenvalue weighted by molar-refractivity contribution is 5.73. The summed E-state index contributed by atoms with van der Waals surface area (Å²) in [5, 5.41) is 13.1. The lowest BCUT2D eigenvalue weighted by molar-refractivity contribution is 0.191. The van der Waals surface area contributed by atoms with Gasteiger partial charge >= 0.3 is 6.03 Å². The van der Waals surface area contributed by atoms with Gasteiger partial charge in [-0.15, -0.1) is 0 Å². The van der Waals surface area contributed by atoms with Crippen LogP contribution >= 0.6 is 0 Å². The van der Waals surface area contributed by atoms with Gasteiger partial charge in [-0.2, -0.15) is 10.2 Å². The van der Waals surface area contributed by atoms with Crippen LogP contribution in [0.25, 0.3) is 0 Å². The summed E-state index contributed by atoms with van der Waals surface area (Å²) in [5.74, 6) is 0. The van der Waals surface area contributed by atoms with E-state index in [-0.39, 0.29) is 16.9 Å². The lowest BCUT2D eigenvalue weighted by Crippen LogP contribution is -2.34. The van der Waals surface area contributed by atoms with Gasteiger partial charge in [-0.25, -0.2) is 4.79 Å². The van der Waals surface area contributed by atoms with E-state index in [1.165, 1.54) is 0 Å². The minimum atomic E-state index is -0.222. The third-order valence-corrected chi connectivity index (χ3v) is 3.35. The summed E-state index contributed by atoms with van der Waals surface area (Å²) in [6.45, 7) is 11.2. The summed E-state index contributed by atoms with van der Waals surface area (Å²) in [5.41, 5.74) is 0.830. The van der Waals surface area contributed by atoms with Crippen LogP contribution in [-0.4, -0.2) is 26.7 Å². The largest absolute Gasteiger partial charge is 0.341 e. The maximum atomic E-state index is 11.2. The standard InChI is InChI=1S/C13H26N4O/c1-12(2,3)13(4,5)8-10(17-15-7)9-16-11(18)14-6/h8H,9H2,1-7H3,(H2,14,16,18)/b10-8-,17-15-. The average Bonchev–Trinajstić information content (AvgIpc) is 2.23. The van der Waals surface area contributed by atoms with Crippen molar-refractivity contribution in [2.75, 3.05) is 20.6 Å². The van der Waals surface area contributed by atoms with Gasteiger partial charge in [0.15, 0.2) is 0 Å². The zero-order chi connectivity index (χ0) is 14.4. The van der Waals surface area contributed by atoms with Crippen LogP contribution in [0.15, 0.2) is 22.0 Å². The molecule has 18 heavy (non-hydrogen) atoms. The second kappa shape index (κ2) is 6.52. The lowest BCUT2D eigenvalue weighted by Gasteiger charge is -2.36. The fourth-order valence-corrected chi connectivity index (χ4v) is 1.14. The first-order valence-electron chi connectivity index (χ1n) is 6.11. The summed E-state index contributed by atoms with van der Waals surface area (Å²) in [4.78, 5) is 11.2. The number of azo groups is 1. The second-order valence-electron chi connectivity index (χ2n) is 5.84. The Labute approximate surface area is 110 Å². The zero-order valence-corrected chi connectivity index (χ0v) is 12.6. The van der Waals surface area contributed by atoms with Crippen LogP contribution in [-0.2, 0) is 0 Å². The molecule has 5 nitrogen and oxygen atoms in total. The Hall–Kier alpha value is -1.39. The minimum absolute atomic E-state index is 0.0408. The van der Waals surface area contributed by atoms with Crippen LogP contribution in [0.3, 0.4) is 0 Å². The van der Waals surface area contributed by atoms with Crippen LogP contribution in [0.5, 0.6) is 0 Å². The van der Waals surface area contributed by atoms with Gasteiger partial charge in [-0.05, 0) is 10.8 Å². The Balaban J connectivity index is 4.95. The average molecular weight is 254 g/mol. The van der Waals surface area contributed by atoms with Crippen molar-refractivity contribution in [3.8, 4) is 0 Å². The number of carbonyl (C=O) groups excluding carboxylic acids is 1. The molecule has 0 radical (unpaired) electrons. The highest BCUT2D eigenvalue weighted by Crippen LogP contribution is 2.39. The van der Waals surface area contributed by atoms with Crippen molar-refractivity contribution in [1.82, 2.24) is 10.6 Å². The molecule has 0 atom stereocenters. The number of hydrogen-bond acceptors (Lipinski definition) is 3. The summed E-state index contributed by atoms with van der Waals surface area (Å²) >= 11 is 0. The van der Waals surface area contributed by atoms with Crippen molar-refractivity contribution >= 4 is 6.03 Å². The Kier molecular flexibility index (Phi) is 6.01. The molecule has 2 amide bonds. The fourth-order valence-electron chi connectivity index (χ4n) is 1.14. The van der Waals surface area contributed by atoms with E-state index in [0.717, 1.165) is 5.70 Å². The maximum absolute atomic E-state index is 11.2. The van der Waals surface area contributed by atoms with Crippen LogP contribution in [0.4, 0.5) is 4.79 Å². The second-order valence-corrected chi connectivity index (χ2v) is 5.84. The van der Waals surface area contributed by atoms with Crippen molar-refractivity contribution < 1.29 is 4.79 Å². The number of hydrogen-bond donors (Lipinski definition) is 2. The molecule has 0 fully saturated rings. The van der Waals surface area contributed by atoms with Crippen molar-refractivity contribution in [3.63, 3.8) is 0 Å². The monoisotopic (exact) mass is 254 g/mol. The SMILES string of the molecule is C/N=N\C(=C/C(C)(C)C(C)(C)C)CNC(=O)NC. The summed E-state index contributed by atoms with van der Waals surface area (Å²) in [6.07, 6.45) is 2.07. The molecule has 0 aromatic carbocycles. The molecule has 0 spiro atoms. The number of allylic oxidation sites excluding steroid dienone is 1. The molecule has 0 aliphatic carbocycles. The van der Waals surface area contributed by atoms with Gasteiger partial charge < -0.3 is 10.6 Å². The Morgan fingerprint density at radius 2 is 1.78 bits per heavy atom. The van der Waals surface area contributed by atoms with Crippen LogP contribution in [0.1, 0.15) is 34.6 Å². The first kappa shape index (κ1) is 16.6. The van der Waals surface area contributed by atoms with E-state index < -0.39 is 0 Å². The lowest BCUT2D eigenvalue weighted by atomic mass is 9.69. The first-order chi connectivity index (χ1) is 8.14. The molecule has 0 rings (SSSR count).